The highest BCUT2D eigenvalue weighted by Gasteiger charge is 2.15. The first kappa shape index (κ1) is 19.7. The van der Waals surface area contributed by atoms with Gasteiger partial charge in [0.2, 0.25) is 5.91 Å². The number of thioether (sulfide) groups is 1. The predicted molar refractivity (Wildman–Crippen MR) is 112 cm³/mol. The maximum absolute atomic E-state index is 12.3. The largest absolute Gasteiger partial charge is 0.324 e. The van der Waals surface area contributed by atoms with Gasteiger partial charge in [-0.25, -0.2) is 0 Å². The Morgan fingerprint density at radius 1 is 1.11 bits per heavy atom. The van der Waals surface area contributed by atoms with Gasteiger partial charge in [-0.1, -0.05) is 54.0 Å². The Morgan fingerprint density at radius 3 is 2.56 bits per heavy atom. The lowest BCUT2D eigenvalue weighted by molar-refractivity contribution is -0.113. The smallest absolute Gasteiger partial charge is 0.234 e. The van der Waals surface area contributed by atoms with Crippen molar-refractivity contribution in [3.05, 3.63) is 58.6 Å². The lowest BCUT2D eigenvalue weighted by Crippen LogP contribution is -2.15. The van der Waals surface area contributed by atoms with Gasteiger partial charge >= 0.3 is 0 Å². The second kappa shape index (κ2) is 9.26. The van der Waals surface area contributed by atoms with Crippen molar-refractivity contribution < 1.29 is 4.79 Å². The SMILES string of the molecule is CCCn1c(SCC(=O)Nc2ccccc2Cl)nnc1-c1ccc(Cl)cc1. The van der Waals surface area contributed by atoms with Crippen LogP contribution in [0.15, 0.2) is 53.7 Å². The maximum atomic E-state index is 12.3. The number of nitrogens with one attached hydrogen (secondary N) is 1. The van der Waals surface area contributed by atoms with Gasteiger partial charge in [0.25, 0.3) is 0 Å². The number of anilines is 1. The fraction of sp³-hybridized carbons (Fsp3) is 0.211. The van der Waals surface area contributed by atoms with Crippen LogP contribution in [0.2, 0.25) is 10.0 Å². The predicted octanol–water partition coefficient (Wildman–Crippen LogP) is 5.39. The van der Waals surface area contributed by atoms with Crippen molar-refractivity contribution in [1.29, 1.82) is 0 Å². The number of para-hydroxylation sites is 1. The first-order valence-corrected chi connectivity index (χ1v) is 10.2. The average Bonchev–Trinajstić information content (AvgIpc) is 3.06. The average molecular weight is 421 g/mol. The van der Waals surface area contributed by atoms with Crippen LogP contribution in [0.1, 0.15) is 13.3 Å². The maximum Gasteiger partial charge on any atom is 0.234 e. The van der Waals surface area contributed by atoms with Crippen LogP contribution in [-0.2, 0) is 11.3 Å². The Kier molecular flexibility index (Phi) is 6.77. The molecule has 3 rings (SSSR count). The van der Waals surface area contributed by atoms with Crippen molar-refractivity contribution in [2.45, 2.75) is 25.0 Å². The number of carbonyl (C=O) groups is 1. The third-order valence-corrected chi connectivity index (χ3v) is 5.30. The van der Waals surface area contributed by atoms with E-state index in [4.69, 9.17) is 23.2 Å². The second-order valence-corrected chi connectivity index (χ2v) is 7.57. The van der Waals surface area contributed by atoms with E-state index in [9.17, 15) is 4.79 Å². The highest BCUT2D eigenvalue weighted by atomic mass is 35.5. The van der Waals surface area contributed by atoms with E-state index >= 15 is 0 Å². The number of hydrogen-bond donors (Lipinski definition) is 1. The van der Waals surface area contributed by atoms with Crippen LogP contribution in [0.4, 0.5) is 5.69 Å². The fourth-order valence-electron chi connectivity index (χ4n) is 2.51. The van der Waals surface area contributed by atoms with Gasteiger partial charge in [-0.2, -0.15) is 0 Å². The van der Waals surface area contributed by atoms with Crippen LogP contribution in [0, 0.1) is 0 Å². The molecule has 3 aromatic rings. The van der Waals surface area contributed by atoms with Gasteiger partial charge in [0.1, 0.15) is 0 Å². The van der Waals surface area contributed by atoms with Crippen molar-refractivity contribution in [1.82, 2.24) is 14.8 Å². The molecule has 0 aliphatic rings. The molecule has 0 aliphatic heterocycles. The second-order valence-electron chi connectivity index (χ2n) is 5.78. The van der Waals surface area contributed by atoms with Crippen molar-refractivity contribution in [2.75, 3.05) is 11.1 Å². The van der Waals surface area contributed by atoms with E-state index in [1.54, 1.807) is 12.1 Å². The van der Waals surface area contributed by atoms with Gasteiger partial charge in [0.15, 0.2) is 11.0 Å². The van der Waals surface area contributed by atoms with Gasteiger partial charge in [-0.15, -0.1) is 10.2 Å². The van der Waals surface area contributed by atoms with E-state index in [2.05, 4.69) is 22.4 Å². The first-order valence-electron chi connectivity index (χ1n) is 8.44. The Morgan fingerprint density at radius 2 is 1.85 bits per heavy atom. The molecule has 1 N–H and O–H groups in total. The molecular weight excluding hydrogens is 403 g/mol. The van der Waals surface area contributed by atoms with E-state index < -0.39 is 0 Å². The zero-order valence-corrected chi connectivity index (χ0v) is 17.0. The Labute approximate surface area is 172 Å². The number of amides is 1. The summed E-state index contributed by atoms with van der Waals surface area (Å²) in [5, 5.41) is 13.3. The zero-order valence-electron chi connectivity index (χ0n) is 14.7. The lowest BCUT2D eigenvalue weighted by Gasteiger charge is -2.09. The van der Waals surface area contributed by atoms with Crippen LogP contribution >= 0.6 is 35.0 Å². The molecule has 0 fully saturated rings. The highest BCUT2D eigenvalue weighted by Crippen LogP contribution is 2.26. The van der Waals surface area contributed by atoms with Crippen LogP contribution in [-0.4, -0.2) is 26.4 Å². The molecule has 8 heteroatoms. The minimum atomic E-state index is -0.146. The first-order chi connectivity index (χ1) is 13.1. The molecule has 0 aliphatic carbocycles. The van der Waals surface area contributed by atoms with E-state index in [1.807, 2.05) is 41.0 Å². The summed E-state index contributed by atoms with van der Waals surface area (Å²) in [6, 6.07) is 14.6. The number of halogens is 2. The van der Waals surface area contributed by atoms with E-state index in [-0.39, 0.29) is 11.7 Å². The fourth-order valence-corrected chi connectivity index (χ4v) is 3.59. The summed E-state index contributed by atoms with van der Waals surface area (Å²) in [5.74, 6) is 0.836. The molecule has 2 aromatic carbocycles. The third-order valence-electron chi connectivity index (χ3n) is 3.75. The molecule has 0 bridgehead atoms. The van der Waals surface area contributed by atoms with Crippen molar-refractivity contribution >= 4 is 46.6 Å². The molecule has 1 heterocycles. The van der Waals surface area contributed by atoms with Gasteiger partial charge in [0, 0.05) is 17.1 Å². The zero-order chi connectivity index (χ0) is 19.2. The molecule has 0 radical (unpaired) electrons. The molecule has 0 spiro atoms. The number of rotatable bonds is 7. The van der Waals surface area contributed by atoms with Gasteiger partial charge in [-0.3, -0.25) is 4.79 Å². The third kappa shape index (κ3) is 5.03. The molecule has 1 amide bonds. The summed E-state index contributed by atoms with van der Waals surface area (Å²) in [7, 11) is 0. The van der Waals surface area contributed by atoms with Gasteiger partial charge < -0.3 is 9.88 Å². The summed E-state index contributed by atoms with van der Waals surface area (Å²) in [6.07, 6.45) is 0.929. The number of nitrogens with zero attached hydrogens (tertiary/aromatic N) is 3. The van der Waals surface area contributed by atoms with Crippen LogP contribution in [0.25, 0.3) is 11.4 Å². The molecule has 140 valence electrons. The van der Waals surface area contributed by atoms with Crippen molar-refractivity contribution in [3.8, 4) is 11.4 Å². The number of benzene rings is 2. The summed E-state index contributed by atoms with van der Waals surface area (Å²) < 4.78 is 2.02. The normalized spacial score (nSPS) is 10.8. The van der Waals surface area contributed by atoms with Gasteiger partial charge in [-0.05, 0) is 42.8 Å². The molecule has 27 heavy (non-hydrogen) atoms. The summed E-state index contributed by atoms with van der Waals surface area (Å²) in [4.78, 5) is 12.3. The van der Waals surface area contributed by atoms with E-state index in [0.717, 1.165) is 24.4 Å². The summed E-state index contributed by atoms with van der Waals surface area (Å²) in [6.45, 7) is 2.85. The Balaban J connectivity index is 1.72. The van der Waals surface area contributed by atoms with Crippen molar-refractivity contribution in [3.63, 3.8) is 0 Å². The van der Waals surface area contributed by atoms with Crippen LogP contribution < -0.4 is 5.32 Å². The topological polar surface area (TPSA) is 59.8 Å². The minimum Gasteiger partial charge on any atom is -0.324 e. The van der Waals surface area contributed by atoms with Crippen molar-refractivity contribution in [2.24, 2.45) is 0 Å². The molecule has 0 unspecified atom stereocenters. The molecule has 5 nitrogen and oxygen atoms in total. The number of hydrogen-bond acceptors (Lipinski definition) is 4. The quantitative estimate of drug-likeness (QED) is 0.520. The minimum absolute atomic E-state index is 0.146. The van der Waals surface area contributed by atoms with E-state index in [0.29, 0.717) is 20.9 Å². The highest BCUT2D eigenvalue weighted by molar-refractivity contribution is 7.99. The Bertz CT molecular complexity index is 928. The number of aromatic nitrogens is 3. The molecule has 1 aromatic heterocycles. The van der Waals surface area contributed by atoms with Crippen LogP contribution in [0.5, 0.6) is 0 Å². The van der Waals surface area contributed by atoms with Gasteiger partial charge in [0.05, 0.1) is 16.5 Å². The monoisotopic (exact) mass is 420 g/mol. The van der Waals surface area contributed by atoms with Crippen LogP contribution in [0.3, 0.4) is 0 Å². The standard InChI is InChI=1S/C19H18Cl2N4OS/c1-2-11-25-18(13-7-9-14(20)10-8-13)23-24-19(25)27-12-17(26)22-16-6-4-3-5-15(16)21/h3-10H,2,11-12H2,1H3,(H,22,26). The molecule has 0 saturated carbocycles. The Hall–Kier alpha value is -2.02. The van der Waals surface area contributed by atoms with E-state index in [1.165, 1.54) is 11.8 Å². The molecular formula is C19H18Cl2N4OS. The molecule has 0 saturated heterocycles. The lowest BCUT2D eigenvalue weighted by atomic mass is 10.2. The summed E-state index contributed by atoms with van der Waals surface area (Å²) >= 11 is 13.4. The number of carbonyl (C=O) groups excluding carboxylic acids is 1. The summed E-state index contributed by atoms with van der Waals surface area (Å²) in [5.41, 5.74) is 1.54. The molecule has 0 atom stereocenters.